The van der Waals surface area contributed by atoms with Gasteiger partial charge in [0.25, 0.3) is 0 Å². The van der Waals surface area contributed by atoms with Gasteiger partial charge in [-0.3, -0.25) is 4.57 Å². The molecule has 0 amide bonds. The number of imidazole rings is 1. The molecule has 2 rings (SSSR count). The predicted octanol–water partition coefficient (Wildman–Crippen LogP) is 0.483. The molecule has 0 aliphatic carbocycles. The van der Waals surface area contributed by atoms with Crippen molar-refractivity contribution in [3.63, 3.8) is 0 Å². The van der Waals surface area contributed by atoms with Crippen LogP contribution in [0, 0.1) is 5.92 Å². The zero-order valence-corrected chi connectivity index (χ0v) is 16.8. The van der Waals surface area contributed by atoms with E-state index < -0.39 is 32.2 Å². The summed E-state index contributed by atoms with van der Waals surface area (Å²) in [7, 11) is -4.03. The number of aliphatic hydroxyl groups excluding tert-OH is 1. The van der Waals surface area contributed by atoms with Gasteiger partial charge in [-0.1, -0.05) is 13.0 Å². The van der Waals surface area contributed by atoms with Crippen LogP contribution in [0.2, 0.25) is 0 Å². The maximum Gasteiger partial charge on any atom is 0.353 e. The maximum atomic E-state index is 12.1. The Hall–Kier alpha value is -1.88. The van der Waals surface area contributed by atoms with Crippen molar-refractivity contribution >= 4 is 24.6 Å². The SMILES string of the molecule is C=CC(C)C(O)C(N)COP(=O)(O)COC(C)Cn1cnc2c(N)ncnc21. The van der Waals surface area contributed by atoms with Crippen LogP contribution >= 0.6 is 7.60 Å². The molecule has 0 saturated heterocycles. The van der Waals surface area contributed by atoms with Gasteiger partial charge in [-0.15, -0.1) is 6.58 Å². The maximum absolute atomic E-state index is 12.1. The summed E-state index contributed by atoms with van der Waals surface area (Å²) in [5.74, 6) is 0.00526. The van der Waals surface area contributed by atoms with E-state index in [0.29, 0.717) is 17.7 Å². The van der Waals surface area contributed by atoms with Crippen LogP contribution < -0.4 is 11.5 Å². The Morgan fingerprint density at radius 2 is 2.11 bits per heavy atom. The molecule has 2 aromatic heterocycles. The van der Waals surface area contributed by atoms with Crippen LogP contribution in [0.15, 0.2) is 25.3 Å². The summed E-state index contributed by atoms with van der Waals surface area (Å²) in [5, 5.41) is 9.94. The second kappa shape index (κ2) is 9.55. The predicted molar refractivity (Wildman–Crippen MR) is 104 cm³/mol. The van der Waals surface area contributed by atoms with Crippen LogP contribution in [-0.2, 0) is 20.4 Å². The Labute approximate surface area is 162 Å². The molecule has 0 aliphatic heterocycles. The minimum Gasteiger partial charge on any atom is -0.391 e. The highest BCUT2D eigenvalue weighted by Crippen LogP contribution is 2.42. The third-order valence-corrected chi connectivity index (χ3v) is 5.25. The van der Waals surface area contributed by atoms with Crippen LogP contribution in [-0.4, -0.2) is 60.7 Å². The van der Waals surface area contributed by atoms with Gasteiger partial charge in [0.05, 0.1) is 37.7 Å². The Morgan fingerprint density at radius 1 is 1.39 bits per heavy atom. The number of nitrogens with two attached hydrogens (primary N) is 2. The van der Waals surface area contributed by atoms with Crippen LogP contribution in [0.1, 0.15) is 13.8 Å². The van der Waals surface area contributed by atoms with Crippen molar-refractivity contribution in [1.82, 2.24) is 19.5 Å². The molecule has 5 atom stereocenters. The lowest BCUT2D eigenvalue weighted by Crippen LogP contribution is -2.41. The second-order valence-electron chi connectivity index (χ2n) is 6.62. The number of aromatic nitrogens is 4. The lowest BCUT2D eigenvalue weighted by Gasteiger charge is -2.24. The third-order valence-electron chi connectivity index (χ3n) is 4.22. The molecule has 0 fully saturated rings. The lowest BCUT2D eigenvalue weighted by atomic mass is 9.99. The summed E-state index contributed by atoms with van der Waals surface area (Å²) >= 11 is 0. The molecular formula is C16H27N6O5P. The van der Waals surface area contributed by atoms with Gasteiger partial charge in [0.1, 0.15) is 18.2 Å². The van der Waals surface area contributed by atoms with E-state index in [1.165, 1.54) is 6.33 Å². The molecule has 28 heavy (non-hydrogen) atoms. The number of ether oxygens (including phenoxy) is 1. The van der Waals surface area contributed by atoms with Gasteiger partial charge in [0.2, 0.25) is 0 Å². The molecule has 2 aromatic rings. The first kappa shape index (κ1) is 22.4. The molecule has 0 spiro atoms. The number of hydrogen-bond acceptors (Lipinski definition) is 9. The van der Waals surface area contributed by atoms with Crippen LogP contribution in [0.25, 0.3) is 11.2 Å². The second-order valence-corrected chi connectivity index (χ2v) is 8.41. The van der Waals surface area contributed by atoms with Crippen molar-refractivity contribution in [2.45, 2.75) is 38.6 Å². The van der Waals surface area contributed by atoms with Gasteiger partial charge in [-0.25, -0.2) is 15.0 Å². The largest absolute Gasteiger partial charge is 0.391 e. The van der Waals surface area contributed by atoms with Crippen molar-refractivity contribution in [2.24, 2.45) is 11.7 Å². The molecular weight excluding hydrogens is 387 g/mol. The smallest absolute Gasteiger partial charge is 0.353 e. The quantitative estimate of drug-likeness (QED) is 0.299. The average Bonchev–Trinajstić information content (AvgIpc) is 3.07. The molecule has 5 unspecified atom stereocenters. The van der Waals surface area contributed by atoms with Gasteiger partial charge in [-0.2, -0.15) is 0 Å². The van der Waals surface area contributed by atoms with Crippen molar-refractivity contribution in [3.8, 4) is 0 Å². The summed E-state index contributed by atoms with van der Waals surface area (Å²) in [6.07, 6.45) is 2.55. The zero-order chi connectivity index (χ0) is 20.9. The highest BCUT2D eigenvalue weighted by Gasteiger charge is 2.26. The van der Waals surface area contributed by atoms with Crippen LogP contribution in [0.4, 0.5) is 5.82 Å². The molecule has 2 heterocycles. The van der Waals surface area contributed by atoms with E-state index in [2.05, 4.69) is 21.5 Å². The van der Waals surface area contributed by atoms with Gasteiger partial charge in [0, 0.05) is 5.92 Å². The first-order valence-electron chi connectivity index (χ1n) is 8.70. The summed E-state index contributed by atoms with van der Waals surface area (Å²) in [6.45, 7) is 7.09. The first-order chi connectivity index (χ1) is 13.1. The zero-order valence-electron chi connectivity index (χ0n) is 15.9. The van der Waals surface area contributed by atoms with E-state index in [9.17, 15) is 14.6 Å². The van der Waals surface area contributed by atoms with E-state index in [1.54, 1.807) is 30.8 Å². The molecule has 0 aliphatic rings. The number of nitrogen functional groups attached to an aromatic ring is 1. The van der Waals surface area contributed by atoms with Gasteiger partial charge < -0.3 is 35.3 Å². The third kappa shape index (κ3) is 5.81. The number of aliphatic hydroxyl groups is 1. The monoisotopic (exact) mass is 414 g/mol. The Kier molecular flexibility index (Phi) is 7.64. The van der Waals surface area contributed by atoms with E-state index in [-0.39, 0.29) is 18.3 Å². The number of rotatable bonds is 11. The number of hydrogen-bond donors (Lipinski definition) is 4. The Bertz CT molecular complexity index is 846. The molecule has 0 aromatic carbocycles. The summed E-state index contributed by atoms with van der Waals surface area (Å²) in [5.41, 5.74) is 12.6. The highest BCUT2D eigenvalue weighted by molar-refractivity contribution is 7.52. The average molecular weight is 414 g/mol. The molecule has 156 valence electrons. The van der Waals surface area contributed by atoms with Crippen LogP contribution in [0.3, 0.4) is 0 Å². The number of nitrogens with zero attached hydrogens (tertiary/aromatic N) is 4. The van der Waals surface area contributed by atoms with Gasteiger partial charge in [-0.05, 0) is 6.92 Å². The van der Waals surface area contributed by atoms with E-state index in [4.69, 9.17) is 20.7 Å². The minimum atomic E-state index is -4.03. The van der Waals surface area contributed by atoms with Crippen molar-refractivity contribution in [2.75, 3.05) is 18.7 Å². The standard InChI is InChI=1S/C16H27N6O5P/c1-4-10(2)14(23)12(17)6-27-28(24,25)9-26-11(3)5-22-8-21-13-15(18)19-7-20-16(13)22/h4,7-8,10-12,14,23H,1,5-6,9,17H2,2-3H3,(H,24,25)(H2,18,19,20). The molecule has 0 bridgehead atoms. The highest BCUT2D eigenvalue weighted by atomic mass is 31.2. The van der Waals surface area contributed by atoms with Crippen molar-refractivity contribution in [3.05, 3.63) is 25.3 Å². The first-order valence-corrected chi connectivity index (χ1v) is 10.5. The fourth-order valence-electron chi connectivity index (χ4n) is 2.45. The van der Waals surface area contributed by atoms with Gasteiger partial charge in [0.15, 0.2) is 11.5 Å². The summed E-state index contributed by atoms with van der Waals surface area (Å²) in [6, 6.07) is -0.826. The molecule has 11 nitrogen and oxygen atoms in total. The van der Waals surface area contributed by atoms with Crippen molar-refractivity contribution < 1.29 is 23.8 Å². The topological polar surface area (TPSA) is 172 Å². The van der Waals surface area contributed by atoms with E-state index in [1.807, 2.05) is 0 Å². The summed E-state index contributed by atoms with van der Waals surface area (Å²) < 4.78 is 24.3. The summed E-state index contributed by atoms with van der Waals surface area (Å²) in [4.78, 5) is 22.1. The molecule has 0 radical (unpaired) electrons. The molecule has 12 heteroatoms. The van der Waals surface area contributed by atoms with E-state index in [0.717, 1.165) is 0 Å². The Morgan fingerprint density at radius 3 is 2.79 bits per heavy atom. The van der Waals surface area contributed by atoms with Crippen molar-refractivity contribution in [1.29, 1.82) is 0 Å². The Balaban J connectivity index is 1.85. The minimum absolute atomic E-state index is 0.268. The fraction of sp³-hybridized carbons (Fsp3) is 0.562. The van der Waals surface area contributed by atoms with E-state index >= 15 is 0 Å². The lowest BCUT2D eigenvalue weighted by molar-refractivity contribution is 0.0602. The molecule has 0 saturated carbocycles. The number of fused-ring (bicyclic) bond motifs is 1. The molecule has 6 N–H and O–H groups in total. The van der Waals surface area contributed by atoms with Gasteiger partial charge >= 0.3 is 7.60 Å². The number of anilines is 1. The van der Waals surface area contributed by atoms with Crippen LogP contribution in [0.5, 0.6) is 0 Å². The normalized spacial score (nSPS) is 18.3. The fourth-order valence-corrected chi connectivity index (χ4v) is 3.37.